The zero-order chi connectivity index (χ0) is 19.4. The normalized spacial score (nSPS) is 16.1. The number of hydrogen-bond acceptors (Lipinski definition) is 6. The summed E-state index contributed by atoms with van der Waals surface area (Å²) in [4.78, 5) is 25.7. The predicted molar refractivity (Wildman–Crippen MR) is 98.9 cm³/mol. The molecule has 8 heteroatoms. The van der Waals surface area contributed by atoms with Crippen LogP contribution in [-0.2, 0) is 0 Å². The number of anilines is 1. The molecular weight excluding hydrogens is 352 g/mol. The molecule has 1 N–H and O–H groups in total. The van der Waals surface area contributed by atoms with Crippen molar-refractivity contribution in [2.45, 2.75) is 19.4 Å². The molecule has 144 valence electrons. The summed E-state index contributed by atoms with van der Waals surface area (Å²) < 4.78 is 21.3. The molecule has 1 saturated heterocycles. The summed E-state index contributed by atoms with van der Waals surface area (Å²) in [6.07, 6.45) is 0.478. The van der Waals surface area contributed by atoms with E-state index in [9.17, 15) is 9.59 Å². The first-order valence-corrected chi connectivity index (χ1v) is 8.55. The second-order valence-corrected chi connectivity index (χ2v) is 6.17. The summed E-state index contributed by atoms with van der Waals surface area (Å²) in [6.45, 7) is 2.64. The molecule has 2 amide bonds. The average Bonchev–Trinajstić information content (AvgIpc) is 3.09. The first-order chi connectivity index (χ1) is 13.0. The minimum Gasteiger partial charge on any atom is -0.493 e. The van der Waals surface area contributed by atoms with Crippen LogP contribution in [0, 0.1) is 6.92 Å². The van der Waals surface area contributed by atoms with Crippen LogP contribution >= 0.6 is 0 Å². The van der Waals surface area contributed by atoms with Crippen molar-refractivity contribution in [1.82, 2.24) is 4.90 Å². The van der Waals surface area contributed by atoms with Gasteiger partial charge in [-0.2, -0.15) is 0 Å². The Hall–Kier alpha value is -3.16. The van der Waals surface area contributed by atoms with Crippen molar-refractivity contribution in [3.63, 3.8) is 0 Å². The summed E-state index contributed by atoms with van der Waals surface area (Å²) in [5.41, 5.74) is 0.0743. The van der Waals surface area contributed by atoms with Crippen molar-refractivity contribution in [2.24, 2.45) is 0 Å². The van der Waals surface area contributed by atoms with Gasteiger partial charge in [-0.3, -0.25) is 0 Å². The van der Waals surface area contributed by atoms with Gasteiger partial charge >= 0.3 is 11.7 Å². The monoisotopic (exact) mass is 374 g/mol. The molecule has 1 fully saturated rings. The topological polar surface area (TPSA) is 90.2 Å². The predicted octanol–water partition coefficient (Wildman–Crippen LogP) is 2.65. The maximum absolute atomic E-state index is 12.6. The van der Waals surface area contributed by atoms with Gasteiger partial charge in [0.15, 0.2) is 11.5 Å². The Kier molecular flexibility index (Phi) is 5.54. The van der Waals surface area contributed by atoms with Crippen molar-refractivity contribution in [3.8, 4) is 17.2 Å². The molecule has 8 nitrogen and oxygen atoms in total. The maximum atomic E-state index is 12.6. The van der Waals surface area contributed by atoms with Crippen LogP contribution in [0.1, 0.15) is 12.2 Å². The number of likely N-dealkylation sites (tertiary alicyclic amines) is 1. The quantitative estimate of drug-likeness (QED) is 0.865. The maximum Gasteiger partial charge on any atom is 0.339 e. The fraction of sp³-hybridized carbons (Fsp3) is 0.368. The first-order valence-electron chi connectivity index (χ1n) is 8.55. The molecule has 1 aromatic heterocycles. The molecule has 27 heavy (non-hydrogen) atoms. The summed E-state index contributed by atoms with van der Waals surface area (Å²) in [5.74, 6) is 1.93. The van der Waals surface area contributed by atoms with Crippen LogP contribution in [0.5, 0.6) is 17.2 Å². The Morgan fingerprint density at radius 1 is 1.26 bits per heavy atom. The number of amides is 2. The standard InChI is InChI=1S/C19H22N2O6/c1-12-9-14(10-17(22)26-12)27-13-7-8-21(11-13)19(23)20-15-5-4-6-16(24-2)18(15)25-3/h4-6,9-10,13H,7-8,11H2,1-3H3,(H,20,23). The highest BCUT2D eigenvalue weighted by atomic mass is 16.5. The largest absolute Gasteiger partial charge is 0.493 e. The zero-order valence-corrected chi connectivity index (χ0v) is 15.5. The molecule has 2 aromatic rings. The average molecular weight is 374 g/mol. The number of nitrogens with one attached hydrogen (secondary N) is 1. The van der Waals surface area contributed by atoms with Crippen LogP contribution in [0.25, 0.3) is 0 Å². The van der Waals surface area contributed by atoms with Crippen LogP contribution in [0.2, 0.25) is 0 Å². The Morgan fingerprint density at radius 2 is 2.07 bits per heavy atom. The molecular formula is C19H22N2O6. The summed E-state index contributed by atoms with van der Waals surface area (Å²) in [6, 6.07) is 7.98. The van der Waals surface area contributed by atoms with Gasteiger partial charge in [0.05, 0.1) is 32.5 Å². The number of methoxy groups -OCH3 is 2. The third-order valence-corrected chi connectivity index (χ3v) is 4.25. The van der Waals surface area contributed by atoms with Crippen molar-refractivity contribution < 1.29 is 23.4 Å². The molecule has 1 unspecified atom stereocenters. The molecule has 1 aromatic carbocycles. The number of urea groups is 1. The summed E-state index contributed by atoms with van der Waals surface area (Å²) in [5, 5.41) is 2.84. The van der Waals surface area contributed by atoms with Gasteiger partial charge in [-0.15, -0.1) is 0 Å². The minimum atomic E-state index is -0.456. The van der Waals surface area contributed by atoms with E-state index >= 15 is 0 Å². The Balaban J connectivity index is 1.63. The van der Waals surface area contributed by atoms with Gasteiger partial charge in [-0.1, -0.05) is 6.07 Å². The number of aryl methyl sites for hydroxylation is 1. The van der Waals surface area contributed by atoms with Crippen LogP contribution in [0.4, 0.5) is 10.5 Å². The fourth-order valence-corrected chi connectivity index (χ4v) is 3.02. The van der Waals surface area contributed by atoms with Crippen LogP contribution in [0.3, 0.4) is 0 Å². The van der Waals surface area contributed by atoms with E-state index in [0.29, 0.717) is 48.2 Å². The zero-order valence-electron chi connectivity index (χ0n) is 15.5. The van der Waals surface area contributed by atoms with E-state index in [0.717, 1.165) is 0 Å². The molecule has 0 aliphatic carbocycles. The molecule has 3 rings (SSSR count). The van der Waals surface area contributed by atoms with Gasteiger partial charge in [0.25, 0.3) is 0 Å². The number of ether oxygens (including phenoxy) is 3. The van der Waals surface area contributed by atoms with E-state index < -0.39 is 5.63 Å². The van der Waals surface area contributed by atoms with Crippen molar-refractivity contribution in [3.05, 3.63) is 46.5 Å². The highest BCUT2D eigenvalue weighted by Crippen LogP contribution is 2.35. The lowest BCUT2D eigenvalue weighted by molar-refractivity contribution is 0.193. The Labute approximate surface area is 156 Å². The van der Waals surface area contributed by atoms with Crippen LogP contribution in [-0.4, -0.2) is 44.3 Å². The van der Waals surface area contributed by atoms with E-state index in [4.69, 9.17) is 18.6 Å². The van der Waals surface area contributed by atoms with Crippen molar-refractivity contribution in [2.75, 3.05) is 32.6 Å². The lowest BCUT2D eigenvalue weighted by atomic mass is 10.2. The number of para-hydroxylation sites is 1. The van der Waals surface area contributed by atoms with Crippen molar-refractivity contribution >= 4 is 11.7 Å². The second kappa shape index (κ2) is 8.03. The molecule has 1 aliphatic rings. The van der Waals surface area contributed by atoms with Gasteiger partial charge < -0.3 is 28.8 Å². The summed E-state index contributed by atoms with van der Waals surface area (Å²) >= 11 is 0. The number of rotatable bonds is 5. The van der Waals surface area contributed by atoms with E-state index in [2.05, 4.69) is 5.32 Å². The third-order valence-electron chi connectivity index (χ3n) is 4.25. The number of carbonyl (C=O) groups excluding carboxylic acids is 1. The lowest BCUT2D eigenvalue weighted by Crippen LogP contribution is -2.34. The minimum absolute atomic E-state index is 0.191. The van der Waals surface area contributed by atoms with Crippen molar-refractivity contribution in [1.29, 1.82) is 0 Å². The molecule has 1 atom stereocenters. The lowest BCUT2D eigenvalue weighted by Gasteiger charge is -2.19. The Bertz CT molecular complexity index is 879. The van der Waals surface area contributed by atoms with E-state index in [1.54, 1.807) is 36.1 Å². The van der Waals surface area contributed by atoms with Gasteiger partial charge in [0.1, 0.15) is 17.6 Å². The van der Waals surface area contributed by atoms with Gasteiger partial charge in [0.2, 0.25) is 0 Å². The molecule has 2 heterocycles. The number of hydrogen-bond donors (Lipinski definition) is 1. The first kappa shape index (κ1) is 18.6. The SMILES string of the molecule is COc1cccc(NC(=O)N2CCC(Oc3cc(C)oc(=O)c3)C2)c1OC. The molecule has 1 aliphatic heterocycles. The number of benzene rings is 1. The molecule has 0 radical (unpaired) electrons. The highest BCUT2D eigenvalue weighted by Gasteiger charge is 2.28. The third kappa shape index (κ3) is 4.33. The molecule has 0 spiro atoms. The van der Waals surface area contributed by atoms with Crippen LogP contribution < -0.4 is 25.2 Å². The highest BCUT2D eigenvalue weighted by molar-refractivity contribution is 5.91. The molecule has 0 saturated carbocycles. The number of carbonyl (C=O) groups is 1. The van der Waals surface area contributed by atoms with Gasteiger partial charge in [0, 0.05) is 19.0 Å². The van der Waals surface area contributed by atoms with Gasteiger partial charge in [-0.05, 0) is 19.1 Å². The molecule has 0 bridgehead atoms. The van der Waals surface area contributed by atoms with Gasteiger partial charge in [-0.25, -0.2) is 9.59 Å². The fourth-order valence-electron chi connectivity index (χ4n) is 3.02. The van der Waals surface area contributed by atoms with E-state index in [1.165, 1.54) is 20.3 Å². The second-order valence-electron chi connectivity index (χ2n) is 6.17. The van der Waals surface area contributed by atoms with Crippen LogP contribution in [0.15, 0.2) is 39.5 Å². The number of nitrogens with zero attached hydrogens (tertiary/aromatic N) is 1. The smallest absolute Gasteiger partial charge is 0.339 e. The summed E-state index contributed by atoms with van der Waals surface area (Å²) in [7, 11) is 3.06. The Morgan fingerprint density at radius 3 is 2.78 bits per heavy atom. The van der Waals surface area contributed by atoms with E-state index in [1.807, 2.05) is 0 Å². The van der Waals surface area contributed by atoms with E-state index in [-0.39, 0.29) is 12.1 Å².